The summed E-state index contributed by atoms with van der Waals surface area (Å²) in [6, 6.07) is 25.2. The van der Waals surface area contributed by atoms with Crippen molar-refractivity contribution in [3.05, 3.63) is 88.0 Å². The summed E-state index contributed by atoms with van der Waals surface area (Å²) in [4.78, 5) is 13.5. The molecule has 1 N–H and O–H groups in total. The van der Waals surface area contributed by atoms with Crippen LogP contribution in [0.4, 0.5) is 5.69 Å². The zero-order valence-electron chi connectivity index (χ0n) is 14.0. The second-order valence-electron chi connectivity index (χ2n) is 5.50. The Hall–Kier alpha value is -1.99. The standard InChI is InChI=1S/C21H18INO2S/c22-17-8-10-18(11-9-17)23-21(24)16-6-12-19(13-7-16)25-14-15-26-20-4-2-1-3-5-20/h1-13H,14-15H2,(H,23,24). The predicted molar refractivity (Wildman–Crippen MR) is 116 cm³/mol. The zero-order valence-corrected chi connectivity index (χ0v) is 17.0. The summed E-state index contributed by atoms with van der Waals surface area (Å²) in [6.07, 6.45) is 0. The lowest BCUT2D eigenvalue weighted by Crippen LogP contribution is -2.11. The van der Waals surface area contributed by atoms with Gasteiger partial charge < -0.3 is 10.1 Å². The van der Waals surface area contributed by atoms with Crippen molar-refractivity contribution in [2.24, 2.45) is 0 Å². The van der Waals surface area contributed by atoms with Gasteiger partial charge in [-0.25, -0.2) is 0 Å². The summed E-state index contributed by atoms with van der Waals surface area (Å²) in [5.74, 6) is 1.51. The van der Waals surface area contributed by atoms with Crippen LogP contribution in [-0.4, -0.2) is 18.3 Å². The number of ether oxygens (including phenoxy) is 1. The second kappa shape index (κ2) is 9.64. The molecule has 0 saturated heterocycles. The third-order valence-electron chi connectivity index (χ3n) is 3.58. The second-order valence-corrected chi connectivity index (χ2v) is 7.91. The maximum absolute atomic E-state index is 12.3. The van der Waals surface area contributed by atoms with Crippen molar-refractivity contribution in [1.82, 2.24) is 0 Å². The topological polar surface area (TPSA) is 38.3 Å². The molecular formula is C21H18INO2S. The van der Waals surface area contributed by atoms with E-state index in [0.717, 1.165) is 20.8 Å². The van der Waals surface area contributed by atoms with Crippen LogP contribution >= 0.6 is 34.4 Å². The molecule has 5 heteroatoms. The third-order valence-corrected chi connectivity index (χ3v) is 5.28. The van der Waals surface area contributed by atoms with Gasteiger partial charge >= 0.3 is 0 Å². The first kappa shape index (κ1) is 18.8. The molecule has 0 aliphatic carbocycles. The Kier molecular flexibility index (Phi) is 6.96. The molecule has 0 saturated carbocycles. The maximum atomic E-state index is 12.3. The Morgan fingerprint density at radius 1 is 0.923 bits per heavy atom. The van der Waals surface area contributed by atoms with Gasteiger partial charge in [0, 0.05) is 25.5 Å². The minimum absolute atomic E-state index is 0.127. The molecule has 0 unspecified atom stereocenters. The monoisotopic (exact) mass is 475 g/mol. The number of carbonyl (C=O) groups is 1. The number of nitrogens with one attached hydrogen (secondary N) is 1. The lowest BCUT2D eigenvalue weighted by atomic mass is 10.2. The highest BCUT2D eigenvalue weighted by atomic mass is 127. The average molecular weight is 475 g/mol. The van der Waals surface area contributed by atoms with Crippen LogP contribution in [0.2, 0.25) is 0 Å². The van der Waals surface area contributed by atoms with Crippen LogP contribution in [0.3, 0.4) is 0 Å². The van der Waals surface area contributed by atoms with E-state index in [0.29, 0.717) is 12.2 Å². The molecule has 0 fully saturated rings. The van der Waals surface area contributed by atoms with Crippen molar-refractivity contribution in [3.8, 4) is 5.75 Å². The summed E-state index contributed by atoms with van der Waals surface area (Å²) in [6.45, 7) is 0.619. The van der Waals surface area contributed by atoms with Gasteiger partial charge in [0.1, 0.15) is 5.75 Å². The van der Waals surface area contributed by atoms with Crippen LogP contribution in [0.25, 0.3) is 0 Å². The molecule has 1 amide bonds. The Labute approximate surface area is 171 Å². The summed E-state index contributed by atoms with van der Waals surface area (Å²) in [7, 11) is 0. The quantitative estimate of drug-likeness (QED) is 0.270. The number of rotatable bonds is 7. The molecular weight excluding hydrogens is 457 g/mol. The molecule has 3 nitrogen and oxygen atoms in total. The van der Waals surface area contributed by atoms with E-state index in [1.807, 2.05) is 54.6 Å². The van der Waals surface area contributed by atoms with Crippen LogP contribution in [0.5, 0.6) is 5.75 Å². The van der Waals surface area contributed by atoms with Crippen molar-refractivity contribution in [2.45, 2.75) is 4.90 Å². The molecule has 0 atom stereocenters. The smallest absolute Gasteiger partial charge is 0.255 e. The van der Waals surface area contributed by atoms with E-state index >= 15 is 0 Å². The van der Waals surface area contributed by atoms with E-state index in [1.54, 1.807) is 23.9 Å². The highest BCUT2D eigenvalue weighted by Gasteiger charge is 2.06. The molecule has 0 bridgehead atoms. The highest BCUT2D eigenvalue weighted by molar-refractivity contribution is 14.1. The van der Waals surface area contributed by atoms with Gasteiger partial charge in [0.25, 0.3) is 5.91 Å². The Morgan fingerprint density at radius 2 is 1.62 bits per heavy atom. The Bertz CT molecular complexity index is 836. The van der Waals surface area contributed by atoms with Gasteiger partial charge in [0.2, 0.25) is 0 Å². The fraction of sp³-hybridized carbons (Fsp3) is 0.0952. The van der Waals surface area contributed by atoms with Gasteiger partial charge in [-0.1, -0.05) is 18.2 Å². The van der Waals surface area contributed by atoms with Gasteiger partial charge in [0.15, 0.2) is 0 Å². The number of amides is 1. The maximum Gasteiger partial charge on any atom is 0.255 e. The van der Waals surface area contributed by atoms with Crippen molar-refractivity contribution in [2.75, 3.05) is 17.7 Å². The molecule has 0 radical (unpaired) electrons. The summed E-state index contributed by atoms with van der Waals surface area (Å²) >= 11 is 3.99. The van der Waals surface area contributed by atoms with E-state index in [-0.39, 0.29) is 5.91 Å². The fourth-order valence-corrected chi connectivity index (χ4v) is 3.39. The lowest BCUT2D eigenvalue weighted by molar-refractivity contribution is 0.102. The summed E-state index contributed by atoms with van der Waals surface area (Å²) in [5, 5.41) is 2.89. The molecule has 132 valence electrons. The Balaban J connectivity index is 1.46. The number of hydrogen-bond acceptors (Lipinski definition) is 3. The normalized spacial score (nSPS) is 10.3. The molecule has 3 rings (SSSR count). The number of halogens is 1. The molecule has 0 aliphatic rings. The van der Waals surface area contributed by atoms with Crippen LogP contribution in [-0.2, 0) is 0 Å². The lowest BCUT2D eigenvalue weighted by Gasteiger charge is -2.08. The third kappa shape index (κ3) is 5.78. The van der Waals surface area contributed by atoms with Crippen molar-refractivity contribution in [1.29, 1.82) is 0 Å². The van der Waals surface area contributed by atoms with Gasteiger partial charge in [-0.2, -0.15) is 0 Å². The number of thioether (sulfide) groups is 1. The van der Waals surface area contributed by atoms with Crippen LogP contribution < -0.4 is 10.1 Å². The first-order valence-corrected chi connectivity index (χ1v) is 10.2. The first-order chi connectivity index (χ1) is 12.7. The molecule has 26 heavy (non-hydrogen) atoms. The van der Waals surface area contributed by atoms with Crippen molar-refractivity contribution in [3.63, 3.8) is 0 Å². The SMILES string of the molecule is O=C(Nc1ccc(I)cc1)c1ccc(OCCSc2ccccc2)cc1. The Morgan fingerprint density at radius 3 is 2.31 bits per heavy atom. The minimum atomic E-state index is -0.127. The highest BCUT2D eigenvalue weighted by Crippen LogP contribution is 2.18. The van der Waals surface area contributed by atoms with Crippen LogP contribution in [0.15, 0.2) is 83.8 Å². The first-order valence-electron chi connectivity index (χ1n) is 8.18. The van der Waals surface area contributed by atoms with Crippen molar-refractivity contribution < 1.29 is 9.53 Å². The van der Waals surface area contributed by atoms with E-state index in [4.69, 9.17) is 4.74 Å². The predicted octanol–water partition coefficient (Wildman–Crippen LogP) is 5.71. The number of carbonyl (C=O) groups excluding carboxylic acids is 1. The largest absolute Gasteiger partial charge is 0.493 e. The van der Waals surface area contributed by atoms with Gasteiger partial charge in [-0.15, -0.1) is 11.8 Å². The molecule has 0 aliphatic heterocycles. The van der Waals surface area contributed by atoms with E-state index < -0.39 is 0 Å². The molecule has 3 aromatic rings. The molecule has 0 heterocycles. The van der Waals surface area contributed by atoms with Gasteiger partial charge in [-0.05, 0) is 83.3 Å². The van der Waals surface area contributed by atoms with Gasteiger partial charge in [0.05, 0.1) is 6.61 Å². The van der Waals surface area contributed by atoms with E-state index in [1.165, 1.54) is 4.90 Å². The van der Waals surface area contributed by atoms with Crippen molar-refractivity contribution >= 4 is 45.9 Å². The number of anilines is 1. The summed E-state index contributed by atoms with van der Waals surface area (Å²) in [5.41, 5.74) is 1.39. The number of benzene rings is 3. The number of hydrogen-bond donors (Lipinski definition) is 1. The molecule has 3 aromatic carbocycles. The summed E-state index contributed by atoms with van der Waals surface area (Å²) < 4.78 is 6.87. The average Bonchev–Trinajstić information content (AvgIpc) is 2.68. The van der Waals surface area contributed by atoms with Crippen LogP contribution in [0, 0.1) is 3.57 Å². The zero-order chi connectivity index (χ0) is 18.2. The molecule has 0 aromatic heterocycles. The van der Waals surface area contributed by atoms with Gasteiger partial charge in [-0.3, -0.25) is 4.79 Å². The molecule has 0 spiro atoms. The van der Waals surface area contributed by atoms with E-state index in [9.17, 15) is 4.79 Å². The van der Waals surface area contributed by atoms with E-state index in [2.05, 4.69) is 40.0 Å². The van der Waals surface area contributed by atoms with Crippen LogP contribution in [0.1, 0.15) is 10.4 Å². The minimum Gasteiger partial charge on any atom is -0.493 e. The fourth-order valence-electron chi connectivity index (χ4n) is 2.27.